The summed E-state index contributed by atoms with van der Waals surface area (Å²) < 4.78 is 14.0. The number of rotatable bonds is 2. The Morgan fingerprint density at radius 3 is 2.72 bits per heavy atom. The van der Waals surface area contributed by atoms with Gasteiger partial charge in [0.15, 0.2) is 0 Å². The SMILES string of the molecule is Nc1ccc(F)cc1NC(=O)c1cccc(I)c1. The van der Waals surface area contributed by atoms with Crippen molar-refractivity contribution in [2.45, 2.75) is 0 Å². The number of amides is 1. The fourth-order valence-corrected chi connectivity index (χ4v) is 2.00. The van der Waals surface area contributed by atoms with Crippen molar-refractivity contribution >= 4 is 39.9 Å². The largest absolute Gasteiger partial charge is 0.397 e. The third-order valence-electron chi connectivity index (χ3n) is 2.35. The maximum atomic E-state index is 13.1. The molecule has 0 aliphatic heterocycles. The van der Waals surface area contributed by atoms with Gasteiger partial charge in [0, 0.05) is 9.13 Å². The van der Waals surface area contributed by atoms with Gasteiger partial charge in [-0.1, -0.05) is 6.07 Å². The fraction of sp³-hybridized carbons (Fsp3) is 0. The molecule has 0 atom stereocenters. The Morgan fingerprint density at radius 1 is 1.22 bits per heavy atom. The molecule has 0 aliphatic carbocycles. The molecule has 0 unspecified atom stereocenters. The van der Waals surface area contributed by atoms with Crippen molar-refractivity contribution in [3.05, 3.63) is 57.4 Å². The number of halogens is 2. The van der Waals surface area contributed by atoms with Crippen LogP contribution in [0.5, 0.6) is 0 Å². The third kappa shape index (κ3) is 2.98. The lowest BCUT2D eigenvalue weighted by atomic mass is 10.2. The van der Waals surface area contributed by atoms with E-state index in [1.54, 1.807) is 18.2 Å². The molecule has 2 aromatic rings. The van der Waals surface area contributed by atoms with Crippen molar-refractivity contribution in [3.63, 3.8) is 0 Å². The minimum Gasteiger partial charge on any atom is -0.397 e. The molecule has 5 heteroatoms. The molecule has 0 bridgehead atoms. The number of carbonyl (C=O) groups excluding carboxylic acids is 1. The highest BCUT2D eigenvalue weighted by Gasteiger charge is 2.09. The molecule has 2 aromatic carbocycles. The van der Waals surface area contributed by atoms with Gasteiger partial charge in [0.2, 0.25) is 0 Å². The minimum atomic E-state index is -0.442. The van der Waals surface area contributed by atoms with Gasteiger partial charge in [-0.3, -0.25) is 4.79 Å². The van der Waals surface area contributed by atoms with Gasteiger partial charge in [-0.25, -0.2) is 4.39 Å². The Labute approximate surface area is 117 Å². The van der Waals surface area contributed by atoms with Gasteiger partial charge in [0.25, 0.3) is 5.91 Å². The summed E-state index contributed by atoms with van der Waals surface area (Å²) in [5.74, 6) is -0.757. The summed E-state index contributed by atoms with van der Waals surface area (Å²) in [5, 5.41) is 2.59. The van der Waals surface area contributed by atoms with E-state index in [4.69, 9.17) is 5.73 Å². The number of nitrogens with one attached hydrogen (secondary N) is 1. The van der Waals surface area contributed by atoms with Crippen molar-refractivity contribution in [1.29, 1.82) is 0 Å². The van der Waals surface area contributed by atoms with Crippen molar-refractivity contribution < 1.29 is 9.18 Å². The molecule has 0 saturated carbocycles. The summed E-state index contributed by atoms with van der Waals surface area (Å²) in [7, 11) is 0. The van der Waals surface area contributed by atoms with Crippen LogP contribution in [0.3, 0.4) is 0 Å². The van der Waals surface area contributed by atoms with E-state index in [0.29, 0.717) is 11.3 Å². The van der Waals surface area contributed by atoms with E-state index in [2.05, 4.69) is 27.9 Å². The normalized spacial score (nSPS) is 10.1. The van der Waals surface area contributed by atoms with Crippen LogP contribution in [0.2, 0.25) is 0 Å². The highest BCUT2D eigenvalue weighted by molar-refractivity contribution is 14.1. The average Bonchev–Trinajstić information content (AvgIpc) is 2.34. The second kappa shape index (κ2) is 5.34. The average molecular weight is 356 g/mol. The van der Waals surface area contributed by atoms with Gasteiger partial charge in [0.1, 0.15) is 5.82 Å². The lowest BCUT2D eigenvalue weighted by Crippen LogP contribution is -2.13. The van der Waals surface area contributed by atoms with Gasteiger partial charge in [-0.2, -0.15) is 0 Å². The van der Waals surface area contributed by atoms with E-state index >= 15 is 0 Å². The smallest absolute Gasteiger partial charge is 0.255 e. The number of benzene rings is 2. The first kappa shape index (κ1) is 12.8. The van der Waals surface area contributed by atoms with Crippen LogP contribution in [0, 0.1) is 9.39 Å². The van der Waals surface area contributed by atoms with Crippen LogP contribution in [-0.4, -0.2) is 5.91 Å². The Morgan fingerprint density at radius 2 is 2.00 bits per heavy atom. The van der Waals surface area contributed by atoms with Crippen LogP contribution >= 0.6 is 22.6 Å². The number of nitrogens with two attached hydrogens (primary N) is 1. The summed E-state index contributed by atoms with van der Waals surface area (Å²) in [6.07, 6.45) is 0. The quantitative estimate of drug-likeness (QED) is 0.641. The molecule has 0 aliphatic rings. The number of anilines is 2. The molecule has 0 saturated heterocycles. The topological polar surface area (TPSA) is 55.1 Å². The van der Waals surface area contributed by atoms with E-state index in [9.17, 15) is 9.18 Å². The van der Waals surface area contributed by atoms with E-state index < -0.39 is 5.82 Å². The van der Waals surface area contributed by atoms with E-state index in [0.717, 1.165) is 3.57 Å². The van der Waals surface area contributed by atoms with Crippen molar-refractivity contribution in [3.8, 4) is 0 Å². The van der Waals surface area contributed by atoms with E-state index in [1.807, 2.05) is 6.07 Å². The second-order valence-electron chi connectivity index (χ2n) is 3.70. The molecule has 3 N–H and O–H groups in total. The van der Waals surface area contributed by atoms with Gasteiger partial charge >= 0.3 is 0 Å². The fourth-order valence-electron chi connectivity index (χ4n) is 1.46. The van der Waals surface area contributed by atoms with E-state index in [-0.39, 0.29) is 11.6 Å². The molecule has 1 amide bonds. The standard InChI is InChI=1S/C13H10FIN2O/c14-9-4-5-11(16)12(7-9)17-13(18)8-2-1-3-10(15)6-8/h1-7H,16H2,(H,17,18). The van der Waals surface area contributed by atoms with Gasteiger partial charge in [-0.15, -0.1) is 0 Å². The summed E-state index contributed by atoms with van der Waals surface area (Å²) in [6.45, 7) is 0. The molecular formula is C13H10FIN2O. The summed E-state index contributed by atoms with van der Waals surface area (Å²) in [4.78, 5) is 11.9. The van der Waals surface area contributed by atoms with Gasteiger partial charge in [0.05, 0.1) is 11.4 Å². The van der Waals surface area contributed by atoms with Crippen LogP contribution < -0.4 is 11.1 Å². The predicted molar refractivity (Wildman–Crippen MR) is 77.9 cm³/mol. The number of nitrogen functional groups attached to an aromatic ring is 1. The molecule has 0 fully saturated rings. The van der Waals surface area contributed by atoms with Crippen molar-refractivity contribution in [1.82, 2.24) is 0 Å². The summed E-state index contributed by atoms with van der Waals surface area (Å²) in [6, 6.07) is 11.0. The van der Waals surface area contributed by atoms with Crippen LogP contribution in [0.25, 0.3) is 0 Å². The molecule has 3 nitrogen and oxygen atoms in total. The maximum absolute atomic E-state index is 13.1. The molecule has 18 heavy (non-hydrogen) atoms. The molecule has 0 heterocycles. The van der Waals surface area contributed by atoms with Crippen molar-refractivity contribution in [2.24, 2.45) is 0 Å². The Bertz CT molecular complexity index is 601. The highest BCUT2D eigenvalue weighted by atomic mass is 127. The van der Waals surface area contributed by atoms with Gasteiger partial charge < -0.3 is 11.1 Å². The second-order valence-corrected chi connectivity index (χ2v) is 4.94. The Balaban J connectivity index is 2.24. The monoisotopic (exact) mass is 356 g/mol. The van der Waals surface area contributed by atoms with E-state index in [1.165, 1.54) is 18.2 Å². The third-order valence-corrected chi connectivity index (χ3v) is 3.02. The molecule has 0 spiro atoms. The Kier molecular flexibility index (Phi) is 3.81. The van der Waals surface area contributed by atoms with Crippen LogP contribution in [-0.2, 0) is 0 Å². The number of hydrogen-bond donors (Lipinski definition) is 2. The van der Waals surface area contributed by atoms with Gasteiger partial charge in [-0.05, 0) is 59.0 Å². The highest BCUT2D eigenvalue weighted by Crippen LogP contribution is 2.20. The summed E-state index contributed by atoms with van der Waals surface area (Å²) in [5.41, 5.74) is 6.77. The molecule has 0 aromatic heterocycles. The Hall–Kier alpha value is -1.63. The van der Waals surface area contributed by atoms with Crippen LogP contribution in [0.4, 0.5) is 15.8 Å². The lowest BCUT2D eigenvalue weighted by molar-refractivity contribution is 0.102. The molecule has 2 rings (SSSR count). The zero-order chi connectivity index (χ0) is 13.1. The molecule has 0 radical (unpaired) electrons. The van der Waals surface area contributed by atoms with Crippen LogP contribution in [0.15, 0.2) is 42.5 Å². The first-order valence-corrected chi connectivity index (χ1v) is 6.26. The number of carbonyl (C=O) groups is 1. The number of hydrogen-bond acceptors (Lipinski definition) is 2. The summed E-state index contributed by atoms with van der Waals surface area (Å²) >= 11 is 2.12. The van der Waals surface area contributed by atoms with Crippen molar-refractivity contribution in [2.75, 3.05) is 11.1 Å². The first-order valence-electron chi connectivity index (χ1n) is 5.18. The molecular weight excluding hydrogens is 346 g/mol. The lowest BCUT2D eigenvalue weighted by Gasteiger charge is -2.08. The molecule has 92 valence electrons. The first-order chi connectivity index (χ1) is 8.56. The minimum absolute atomic E-state index is 0.277. The maximum Gasteiger partial charge on any atom is 0.255 e. The predicted octanol–water partition coefficient (Wildman–Crippen LogP) is 3.26. The zero-order valence-electron chi connectivity index (χ0n) is 9.28. The van der Waals surface area contributed by atoms with Crippen LogP contribution in [0.1, 0.15) is 10.4 Å². The zero-order valence-corrected chi connectivity index (χ0v) is 11.4.